The first-order valence-corrected chi connectivity index (χ1v) is 5.83. The van der Waals surface area contributed by atoms with Crippen LogP contribution < -0.4 is 5.32 Å². The van der Waals surface area contributed by atoms with Crippen molar-refractivity contribution in [2.75, 3.05) is 6.54 Å². The average Bonchev–Trinajstić information content (AvgIpc) is 2.50. The zero-order chi connectivity index (χ0) is 10.2. The maximum Gasteiger partial charge on any atom is 0.220 e. The molecule has 1 saturated carbocycles. The van der Waals surface area contributed by atoms with Gasteiger partial charge in [-0.3, -0.25) is 4.79 Å². The number of carbonyl (C=O) groups is 1. The first kappa shape index (κ1) is 10.0. The van der Waals surface area contributed by atoms with Gasteiger partial charge in [0, 0.05) is 13.0 Å². The topological polar surface area (TPSA) is 29.1 Å². The summed E-state index contributed by atoms with van der Waals surface area (Å²) < 4.78 is 0. The van der Waals surface area contributed by atoms with Crippen LogP contribution in [0, 0.1) is 17.3 Å². The molecular weight excluding hydrogens is 174 g/mol. The van der Waals surface area contributed by atoms with Gasteiger partial charge in [-0.25, -0.2) is 0 Å². The predicted molar refractivity (Wildman–Crippen MR) is 56.9 cm³/mol. The van der Waals surface area contributed by atoms with Gasteiger partial charge in [0.1, 0.15) is 0 Å². The molecule has 1 amide bonds. The minimum Gasteiger partial charge on any atom is -0.356 e. The van der Waals surface area contributed by atoms with E-state index in [1.165, 1.54) is 25.7 Å². The number of carbonyl (C=O) groups excluding carboxylic acids is 1. The molecule has 2 atom stereocenters. The van der Waals surface area contributed by atoms with E-state index < -0.39 is 0 Å². The summed E-state index contributed by atoms with van der Waals surface area (Å²) in [5, 5.41) is 2.96. The van der Waals surface area contributed by atoms with Crippen molar-refractivity contribution < 1.29 is 4.79 Å². The van der Waals surface area contributed by atoms with Crippen molar-refractivity contribution in [2.45, 2.75) is 46.0 Å². The van der Waals surface area contributed by atoms with Gasteiger partial charge in [-0.1, -0.05) is 26.7 Å². The van der Waals surface area contributed by atoms with Crippen molar-refractivity contribution >= 4 is 5.91 Å². The first-order valence-electron chi connectivity index (χ1n) is 5.83. The molecule has 80 valence electrons. The summed E-state index contributed by atoms with van der Waals surface area (Å²) in [6.45, 7) is 5.66. The van der Waals surface area contributed by atoms with Gasteiger partial charge in [-0.2, -0.15) is 0 Å². The molecular formula is C12H21NO. The van der Waals surface area contributed by atoms with Gasteiger partial charge in [-0.15, -0.1) is 0 Å². The Hall–Kier alpha value is -0.530. The Balaban J connectivity index is 1.94. The summed E-state index contributed by atoms with van der Waals surface area (Å²) in [6, 6.07) is 0. The van der Waals surface area contributed by atoms with Crippen LogP contribution >= 0.6 is 0 Å². The normalized spacial score (nSPS) is 36.9. The van der Waals surface area contributed by atoms with Crippen LogP contribution in [-0.4, -0.2) is 12.5 Å². The Bertz CT molecular complexity index is 234. The summed E-state index contributed by atoms with van der Waals surface area (Å²) >= 11 is 0. The SMILES string of the molecule is CC1(C)CCCC(C2CNC(=O)C2)C1. The lowest BCUT2D eigenvalue weighted by Crippen LogP contribution is -2.28. The van der Waals surface area contributed by atoms with E-state index in [-0.39, 0.29) is 5.91 Å². The third-order valence-electron chi connectivity index (χ3n) is 3.92. The van der Waals surface area contributed by atoms with Crippen molar-refractivity contribution in [3.63, 3.8) is 0 Å². The van der Waals surface area contributed by atoms with Crippen LogP contribution in [0.1, 0.15) is 46.0 Å². The van der Waals surface area contributed by atoms with E-state index >= 15 is 0 Å². The van der Waals surface area contributed by atoms with Crippen molar-refractivity contribution in [3.8, 4) is 0 Å². The van der Waals surface area contributed by atoms with Crippen molar-refractivity contribution in [2.24, 2.45) is 17.3 Å². The average molecular weight is 195 g/mol. The monoisotopic (exact) mass is 195 g/mol. The molecule has 1 saturated heterocycles. The first-order chi connectivity index (χ1) is 6.57. The Morgan fingerprint density at radius 2 is 2.14 bits per heavy atom. The van der Waals surface area contributed by atoms with Gasteiger partial charge in [0.05, 0.1) is 0 Å². The van der Waals surface area contributed by atoms with Gasteiger partial charge in [0.25, 0.3) is 0 Å². The Morgan fingerprint density at radius 1 is 1.36 bits per heavy atom. The van der Waals surface area contributed by atoms with Gasteiger partial charge >= 0.3 is 0 Å². The highest BCUT2D eigenvalue weighted by Gasteiger charge is 2.35. The molecule has 0 radical (unpaired) electrons. The predicted octanol–water partition coefficient (Wildman–Crippen LogP) is 2.34. The summed E-state index contributed by atoms with van der Waals surface area (Å²) in [5.41, 5.74) is 0.508. The molecule has 2 rings (SSSR count). The zero-order valence-corrected chi connectivity index (χ0v) is 9.31. The number of nitrogens with one attached hydrogen (secondary N) is 1. The molecule has 0 spiro atoms. The minimum atomic E-state index is 0.262. The fourth-order valence-electron chi connectivity index (χ4n) is 3.12. The maximum atomic E-state index is 11.1. The molecule has 0 aromatic rings. The highest BCUT2D eigenvalue weighted by Crippen LogP contribution is 2.42. The third-order valence-corrected chi connectivity index (χ3v) is 3.92. The van der Waals surface area contributed by atoms with Crippen LogP contribution in [0.15, 0.2) is 0 Å². The highest BCUT2D eigenvalue weighted by molar-refractivity contribution is 5.78. The highest BCUT2D eigenvalue weighted by atomic mass is 16.1. The summed E-state index contributed by atoms with van der Waals surface area (Å²) in [6.07, 6.45) is 6.14. The fourth-order valence-corrected chi connectivity index (χ4v) is 3.12. The lowest BCUT2D eigenvalue weighted by atomic mass is 9.68. The van der Waals surface area contributed by atoms with Crippen LogP contribution in [-0.2, 0) is 4.79 Å². The van der Waals surface area contributed by atoms with E-state index in [4.69, 9.17) is 0 Å². The Morgan fingerprint density at radius 3 is 2.71 bits per heavy atom. The molecule has 1 heterocycles. The van der Waals surface area contributed by atoms with E-state index in [1.807, 2.05) is 0 Å². The number of amides is 1. The molecule has 0 bridgehead atoms. The maximum absolute atomic E-state index is 11.1. The second kappa shape index (κ2) is 3.56. The van der Waals surface area contributed by atoms with Gasteiger partial charge in [0.15, 0.2) is 0 Å². The zero-order valence-electron chi connectivity index (χ0n) is 9.31. The number of hydrogen-bond donors (Lipinski definition) is 1. The molecule has 14 heavy (non-hydrogen) atoms. The van der Waals surface area contributed by atoms with Crippen molar-refractivity contribution in [1.82, 2.24) is 5.32 Å². The molecule has 2 unspecified atom stereocenters. The van der Waals surface area contributed by atoms with E-state index in [0.29, 0.717) is 11.3 Å². The molecule has 1 aliphatic heterocycles. The Labute approximate surface area is 86.5 Å². The lowest BCUT2D eigenvalue weighted by Gasteiger charge is -2.37. The Kier molecular flexibility index (Phi) is 2.54. The second-order valence-corrected chi connectivity index (χ2v) is 5.79. The van der Waals surface area contributed by atoms with Crippen LogP contribution in [0.2, 0.25) is 0 Å². The molecule has 2 nitrogen and oxygen atoms in total. The molecule has 2 aliphatic rings. The number of hydrogen-bond acceptors (Lipinski definition) is 1. The lowest BCUT2D eigenvalue weighted by molar-refractivity contribution is -0.119. The van der Waals surface area contributed by atoms with Crippen molar-refractivity contribution in [1.29, 1.82) is 0 Å². The molecule has 0 aromatic carbocycles. The van der Waals surface area contributed by atoms with Gasteiger partial charge in [-0.05, 0) is 30.1 Å². The molecule has 2 fully saturated rings. The fraction of sp³-hybridized carbons (Fsp3) is 0.917. The summed E-state index contributed by atoms with van der Waals surface area (Å²) in [4.78, 5) is 11.1. The van der Waals surface area contributed by atoms with E-state index in [9.17, 15) is 4.79 Å². The molecule has 1 N–H and O–H groups in total. The van der Waals surface area contributed by atoms with Crippen LogP contribution in [0.5, 0.6) is 0 Å². The third kappa shape index (κ3) is 2.10. The summed E-state index contributed by atoms with van der Waals surface area (Å²) in [5.74, 6) is 1.68. The second-order valence-electron chi connectivity index (χ2n) is 5.79. The van der Waals surface area contributed by atoms with Gasteiger partial charge in [0.2, 0.25) is 5.91 Å². The largest absolute Gasteiger partial charge is 0.356 e. The summed E-state index contributed by atoms with van der Waals surface area (Å²) in [7, 11) is 0. The smallest absolute Gasteiger partial charge is 0.220 e. The molecule has 2 heteroatoms. The quantitative estimate of drug-likeness (QED) is 0.683. The van der Waals surface area contributed by atoms with Crippen molar-refractivity contribution in [3.05, 3.63) is 0 Å². The van der Waals surface area contributed by atoms with Crippen LogP contribution in [0.3, 0.4) is 0 Å². The molecule has 1 aliphatic carbocycles. The standard InChI is InChI=1S/C12H21NO/c1-12(2)5-3-4-9(7-12)10-6-11(14)13-8-10/h9-10H,3-8H2,1-2H3,(H,13,14). The van der Waals surface area contributed by atoms with Crippen LogP contribution in [0.4, 0.5) is 0 Å². The van der Waals surface area contributed by atoms with Gasteiger partial charge < -0.3 is 5.32 Å². The van der Waals surface area contributed by atoms with Crippen LogP contribution in [0.25, 0.3) is 0 Å². The van der Waals surface area contributed by atoms with E-state index in [0.717, 1.165) is 18.9 Å². The van der Waals surface area contributed by atoms with E-state index in [2.05, 4.69) is 19.2 Å². The van der Waals surface area contributed by atoms with E-state index in [1.54, 1.807) is 0 Å². The minimum absolute atomic E-state index is 0.262. The number of rotatable bonds is 1. The molecule has 0 aromatic heterocycles.